The number of nitrogens with zero attached hydrogens (tertiary/aromatic N) is 2. The predicted octanol–water partition coefficient (Wildman–Crippen LogP) is 1.68. The molecule has 1 atom stereocenters. The van der Waals surface area contributed by atoms with E-state index in [1.165, 1.54) is 4.88 Å². The second kappa shape index (κ2) is 6.12. The number of hydrogen-bond donors (Lipinski definition) is 1. The Morgan fingerprint density at radius 3 is 2.72 bits per heavy atom. The summed E-state index contributed by atoms with van der Waals surface area (Å²) in [6.45, 7) is 6.64. The highest BCUT2D eigenvalue weighted by Gasteiger charge is 2.21. The van der Waals surface area contributed by atoms with E-state index < -0.39 is 10.8 Å². The summed E-state index contributed by atoms with van der Waals surface area (Å²) in [5.41, 5.74) is 6.97. The monoisotopic (exact) mass is 287 g/mol. The Morgan fingerprint density at radius 1 is 1.50 bits per heavy atom. The van der Waals surface area contributed by atoms with Crippen molar-refractivity contribution in [3.8, 4) is 0 Å². The Balaban J connectivity index is 2.18. The van der Waals surface area contributed by atoms with Gasteiger partial charge in [-0.05, 0) is 12.3 Å². The molecular formula is C12H21N3OS2. The average Bonchev–Trinajstić information content (AvgIpc) is 2.82. The highest BCUT2D eigenvalue weighted by atomic mass is 32.2. The Labute approximate surface area is 115 Å². The summed E-state index contributed by atoms with van der Waals surface area (Å²) in [6, 6.07) is 0. The molecule has 6 heteroatoms. The fourth-order valence-corrected chi connectivity index (χ4v) is 4.20. The summed E-state index contributed by atoms with van der Waals surface area (Å²) in [7, 11) is -0.635. The van der Waals surface area contributed by atoms with Crippen molar-refractivity contribution >= 4 is 27.3 Å². The minimum absolute atomic E-state index is 0.465. The molecular weight excluding hydrogens is 266 g/mol. The van der Waals surface area contributed by atoms with Crippen molar-refractivity contribution in [2.24, 2.45) is 5.73 Å². The normalized spacial score (nSPS) is 19.2. The molecule has 1 saturated heterocycles. The molecule has 2 rings (SSSR count). The van der Waals surface area contributed by atoms with Crippen LogP contribution in [0, 0.1) is 0 Å². The number of hydrogen-bond acceptors (Lipinski definition) is 5. The van der Waals surface area contributed by atoms with Crippen LogP contribution in [0.3, 0.4) is 0 Å². The molecule has 18 heavy (non-hydrogen) atoms. The summed E-state index contributed by atoms with van der Waals surface area (Å²) >= 11 is 1.70. The van der Waals surface area contributed by atoms with Crippen LogP contribution in [-0.4, -0.2) is 33.8 Å². The molecule has 0 aromatic carbocycles. The van der Waals surface area contributed by atoms with Gasteiger partial charge in [0.15, 0.2) is 5.13 Å². The Kier molecular flexibility index (Phi) is 4.75. The van der Waals surface area contributed by atoms with Gasteiger partial charge < -0.3 is 10.6 Å². The molecule has 1 aliphatic rings. The van der Waals surface area contributed by atoms with E-state index in [0.717, 1.165) is 41.8 Å². The Hall–Kier alpha value is -0.460. The lowest BCUT2D eigenvalue weighted by Gasteiger charge is -2.25. The summed E-state index contributed by atoms with van der Waals surface area (Å²) in [4.78, 5) is 8.21. The molecule has 1 fully saturated rings. The van der Waals surface area contributed by atoms with Gasteiger partial charge in [-0.1, -0.05) is 13.8 Å². The first kappa shape index (κ1) is 14.0. The molecule has 0 aliphatic carbocycles. The quantitative estimate of drug-likeness (QED) is 0.915. The van der Waals surface area contributed by atoms with Crippen LogP contribution in [0.15, 0.2) is 0 Å². The fourth-order valence-electron chi connectivity index (χ4n) is 2.04. The maximum atomic E-state index is 11.4. The molecule has 2 N–H and O–H groups in total. The number of thiazole rings is 1. The molecule has 0 saturated carbocycles. The second-order valence-corrected chi connectivity index (χ2v) is 7.41. The van der Waals surface area contributed by atoms with Gasteiger partial charge in [0.25, 0.3) is 0 Å². The van der Waals surface area contributed by atoms with E-state index in [-0.39, 0.29) is 0 Å². The Bertz CT molecular complexity index is 423. The first-order valence-electron chi connectivity index (χ1n) is 6.45. The lowest BCUT2D eigenvalue weighted by atomic mass is 10.0. The molecule has 1 unspecified atom stereocenters. The van der Waals surface area contributed by atoms with Gasteiger partial charge in [-0.3, -0.25) is 4.21 Å². The number of aromatic nitrogens is 1. The molecule has 2 heterocycles. The number of nitrogens with two attached hydrogens (primary N) is 1. The highest BCUT2D eigenvalue weighted by molar-refractivity contribution is 7.85. The molecule has 0 radical (unpaired) electrons. The van der Waals surface area contributed by atoms with Crippen molar-refractivity contribution in [3.05, 3.63) is 10.6 Å². The van der Waals surface area contributed by atoms with Crippen molar-refractivity contribution in [1.82, 2.24) is 4.98 Å². The van der Waals surface area contributed by atoms with Gasteiger partial charge in [-0.2, -0.15) is 0 Å². The third-order valence-electron chi connectivity index (χ3n) is 3.43. The van der Waals surface area contributed by atoms with Crippen LogP contribution < -0.4 is 10.6 Å². The van der Waals surface area contributed by atoms with Gasteiger partial charge in [0, 0.05) is 46.8 Å². The SMILES string of the molecule is CCC(C)c1nc(N2CCS(=O)CC2)sc1CN. The zero-order chi connectivity index (χ0) is 13.1. The van der Waals surface area contributed by atoms with Crippen molar-refractivity contribution in [2.75, 3.05) is 29.5 Å². The van der Waals surface area contributed by atoms with Crippen molar-refractivity contribution in [3.63, 3.8) is 0 Å². The summed E-state index contributed by atoms with van der Waals surface area (Å²) in [5, 5.41) is 1.06. The first-order chi connectivity index (χ1) is 8.65. The average molecular weight is 287 g/mol. The largest absolute Gasteiger partial charge is 0.346 e. The van der Waals surface area contributed by atoms with Crippen LogP contribution in [0.2, 0.25) is 0 Å². The van der Waals surface area contributed by atoms with E-state index in [9.17, 15) is 4.21 Å². The van der Waals surface area contributed by atoms with Crippen molar-refractivity contribution in [2.45, 2.75) is 32.7 Å². The van der Waals surface area contributed by atoms with Gasteiger partial charge in [0.05, 0.1) is 5.69 Å². The van der Waals surface area contributed by atoms with Gasteiger partial charge in [0.1, 0.15) is 0 Å². The smallest absolute Gasteiger partial charge is 0.185 e. The minimum atomic E-state index is -0.635. The van der Waals surface area contributed by atoms with Crippen LogP contribution in [0.1, 0.15) is 36.8 Å². The molecule has 0 bridgehead atoms. The third-order valence-corrected chi connectivity index (χ3v) is 5.86. The molecule has 1 aromatic heterocycles. The van der Waals surface area contributed by atoms with Gasteiger partial charge in [0.2, 0.25) is 0 Å². The van der Waals surface area contributed by atoms with Crippen LogP contribution in [0.25, 0.3) is 0 Å². The molecule has 0 spiro atoms. The minimum Gasteiger partial charge on any atom is -0.346 e. The van der Waals surface area contributed by atoms with Gasteiger partial charge >= 0.3 is 0 Å². The lowest BCUT2D eigenvalue weighted by Crippen LogP contribution is -2.37. The van der Waals surface area contributed by atoms with Crippen LogP contribution in [0.5, 0.6) is 0 Å². The topological polar surface area (TPSA) is 59.2 Å². The maximum absolute atomic E-state index is 11.4. The maximum Gasteiger partial charge on any atom is 0.185 e. The number of anilines is 1. The number of rotatable bonds is 4. The van der Waals surface area contributed by atoms with Crippen LogP contribution in [0.4, 0.5) is 5.13 Å². The van der Waals surface area contributed by atoms with Crippen LogP contribution >= 0.6 is 11.3 Å². The summed E-state index contributed by atoms with van der Waals surface area (Å²) < 4.78 is 11.4. The van der Waals surface area contributed by atoms with E-state index in [2.05, 4.69) is 18.7 Å². The van der Waals surface area contributed by atoms with E-state index in [1.807, 2.05) is 0 Å². The van der Waals surface area contributed by atoms with E-state index >= 15 is 0 Å². The highest BCUT2D eigenvalue weighted by Crippen LogP contribution is 2.32. The second-order valence-electron chi connectivity index (χ2n) is 4.65. The molecule has 4 nitrogen and oxygen atoms in total. The zero-order valence-corrected chi connectivity index (χ0v) is 12.6. The molecule has 1 aliphatic heterocycles. The Morgan fingerprint density at radius 2 is 2.17 bits per heavy atom. The summed E-state index contributed by atoms with van der Waals surface area (Å²) in [5.74, 6) is 1.99. The van der Waals surface area contributed by atoms with Gasteiger partial charge in [-0.15, -0.1) is 11.3 Å². The van der Waals surface area contributed by atoms with Crippen LogP contribution in [-0.2, 0) is 17.3 Å². The standard InChI is InChI=1S/C12H21N3OS2/c1-3-9(2)11-10(8-13)17-12(14-11)15-4-6-18(16)7-5-15/h9H,3-8,13H2,1-2H3. The van der Waals surface area contributed by atoms with E-state index in [1.54, 1.807) is 11.3 Å². The molecule has 102 valence electrons. The first-order valence-corrected chi connectivity index (χ1v) is 8.75. The predicted molar refractivity (Wildman–Crippen MR) is 78.8 cm³/mol. The van der Waals surface area contributed by atoms with Crippen molar-refractivity contribution < 1.29 is 4.21 Å². The summed E-state index contributed by atoms with van der Waals surface area (Å²) in [6.07, 6.45) is 1.08. The third kappa shape index (κ3) is 2.92. The van der Waals surface area contributed by atoms with E-state index in [0.29, 0.717) is 12.5 Å². The van der Waals surface area contributed by atoms with Gasteiger partial charge in [-0.25, -0.2) is 4.98 Å². The molecule has 0 amide bonds. The fraction of sp³-hybridized carbons (Fsp3) is 0.750. The molecule has 1 aromatic rings. The zero-order valence-electron chi connectivity index (χ0n) is 11.0. The lowest BCUT2D eigenvalue weighted by molar-refractivity contribution is 0.671. The van der Waals surface area contributed by atoms with Crippen molar-refractivity contribution in [1.29, 1.82) is 0 Å². The van der Waals surface area contributed by atoms with E-state index in [4.69, 9.17) is 10.7 Å².